The van der Waals surface area contributed by atoms with E-state index < -0.39 is 0 Å². The number of hydrogen-bond donors (Lipinski definition) is 1. The van der Waals surface area contributed by atoms with Gasteiger partial charge in [-0.1, -0.05) is 17.7 Å². The smallest absolute Gasteiger partial charge is 0.124 e. The zero-order chi connectivity index (χ0) is 14.5. The van der Waals surface area contributed by atoms with Gasteiger partial charge in [-0.2, -0.15) is 0 Å². The van der Waals surface area contributed by atoms with Crippen molar-refractivity contribution in [2.75, 3.05) is 7.05 Å². The normalized spacial score (nSPS) is 12.2. The average Bonchev–Trinajstić information content (AvgIpc) is 2.45. The van der Waals surface area contributed by atoms with Gasteiger partial charge in [0.2, 0.25) is 0 Å². The van der Waals surface area contributed by atoms with E-state index in [9.17, 15) is 0 Å². The summed E-state index contributed by atoms with van der Waals surface area (Å²) in [6, 6.07) is 8.66. The molecule has 2 rings (SSSR count). The summed E-state index contributed by atoms with van der Waals surface area (Å²) in [5.74, 6) is 0.930. The highest BCUT2D eigenvalue weighted by Crippen LogP contribution is 2.26. The summed E-state index contributed by atoms with van der Waals surface area (Å²) in [7, 11) is 1.96. The molecular formula is C17H22N2O. The van der Waals surface area contributed by atoms with Crippen LogP contribution in [0.1, 0.15) is 35.2 Å². The van der Waals surface area contributed by atoms with Crippen molar-refractivity contribution in [3.05, 3.63) is 58.9 Å². The standard InChI is InChI=1S/C17H22N2O/c1-12-5-6-17(16(8-12)14(3)18-4)20-11-15-7-13(2)9-19-10-15/h5-10,14,18H,11H2,1-4H3. The molecule has 0 fully saturated rings. The Hall–Kier alpha value is -1.87. The summed E-state index contributed by atoms with van der Waals surface area (Å²) in [4.78, 5) is 4.19. The first-order chi connectivity index (χ1) is 9.60. The monoisotopic (exact) mass is 270 g/mol. The van der Waals surface area contributed by atoms with Crippen molar-refractivity contribution in [1.82, 2.24) is 10.3 Å². The first-order valence-corrected chi connectivity index (χ1v) is 6.91. The Bertz CT molecular complexity index is 581. The molecule has 1 atom stereocenters. The van der Waals surface area contributed by atoms with Crippen LogP contribution in [0.3, 0.4) is 0 Å². The molecule has 0 saturated heterocycles. The largest absolute Gasteiger partial charge is 0.489 e. The van der Waals surface area contributed by atoms with Crippen LogP contribution in [0.5, 0.6) is 5.75 Å². The van der Waals surface area contributed by atoms with Crippen LogP contribution in [0.4, 0.5) is 0 Å². The summed E-state index contributed by atoms with van der Waals surface area (Å²) in [6.07, 6.45) is 3.70. The van der Waals surface area contributed by atoms with E-state index >= 15 is 0 Å². The van der Waals surface area contributed by atoms with Gasteiger partial charge in [0.05, 0.1) is 0 Å². The van der Waals surface area contributed by atoms with Crippen molar-refractivity contribution in [2.45, 2.75) is 33.4 Å². The third-order valence-electron chi connectivity index (χ3n) is 3.39. The topological polar surface area (TPSA) is 34.1 Å². The summed E-state index contributed by atoms with van der Waals surface area (Å²) in [6.45, 7) is 6.81. The molecule has 0 aliphatic heterocycles. The lowest BCUT2D eigenvalue weighted by molar-refractivity contribution is 0.299. The number of rotatable bonds is 5. The van der Waals surface area contributed by atoms with Gasteiger partial charge < -0.3 is 10.1 Å². The number of nitrogens with zero attached hydrogens (tertiary/aromatic N) is 1. The Labute approximate surface area is 121 Å². The first-order valence-electron chi connectivity index (χ1n) is 6.91. The molecule has 0 radical (unpaired) electrons. The zero-order valence-electron chi connectivity index (χ0n) is 12.6. The fourth-order valence-electron chi connectivity index (χ4n) is 2.15. The predicted octanol–water partition coefficient (Wildman–Crippen LogP) is 3.56. The van der Waals surface area contributed by atoms with Gasteiger partial charge in [0, 0.05) is 29.6 Å². The van der Waals surface area contributed by atoms with Crippen LogP contribution in [0.25, 0.3) is 0 Å². The van der Waals surface area contributed by atoms with Crippen LogP contribution in [-0.2, 0) is 6.61 Å². The fourth-order valence-corrected chi connectivity index (χ4v) is 2.15. The third kappa shape index (κ3) is 3.58. The molecule has 0 saturated carbocycles. The number of aryl methyl sites for hydroxylation is 2. The van der Waals surface area contributed by atoms with Crippen LogP contribution in [0.2, 0.25) is 0 Å². The lowest BCUT2D eigenvalue weighted by Gasteiger charge is -2.17. The number of hydrogen-bond acceptors (Lipinski definition) is 3. The third-order valence-corrected chi connectivity index (χ3v) is 3.39. The van der Waals surface area contributed by atoms with E-state index in [1.807, 2.05) is 32.4 Å². The van der Waals surface area contributed by atoms with E-state index in [-0.39, 0.29) is 6.04 Å². The van der Waals surface area contributed by atoms with Gasteiger partial charge in [-0.25, -0.2) is 0 Å². The van der Waals surface area contributed by atoms with Gasteiger partial charge in [-0.15, -0.1) is 0 Å². The summed E-state index contributed by atoms with van der Waals surface area (Å²) < 4.78 is 5.98. The second-order valence-corrected chi connectivity index (χ2v) is 5.21. The second kappa shape index (κ2) is 6.53. The van der Waals surface area contributed by atoms with Crippen LogP contribution < -0.4 is 10.1 Å². The van der Waals surface area contributed by atoms with E-state index in [0.717, 1.165) is 16.9 Å². The maximum absolute atomic E-state index is 5.98. The highest BCUT2D eigenvalue weighted by molar-refractivity contribution is 5.39. The lowest BCUT2D eigenvalue weighted by Crippen LogP contribution is -2.14. The molecule has 1 unspecified atom stereocenters. The Morgan fingerprint density at radius 3 is 2.65 bits per heavy atom. The molecule has 1 N–H and O–H groups in total. The number of nitrogens with one attached hydrogen (secondary N) is 1. The fraction of sp³-hybridized carbons (Fsp3) is 0.353. The molecule has 1 heterocycles. The van der Waals surface area contributed by atoms with Gasteiger partial charge in [-0.3, -0.25) is 4.98 Å². The molecule has 0 bridgehead atoms. The maximum Gasteiger partial charge on any atom is 0.124 e. The van der Waals surface area contributed by atoms with Crippen LogP contribution in [0, 0.1) is 13.8 Å². The van der Waals surface area contributed by atoms with Gasteiger partial charge in [-0.05, 0) is 45.5 Å². The van der Waals surface area contributed by atoms with Crippen molar-refractivity contribution >= 4 is 0 Å². The maximum atomic E-state index is 5.98. The number of aromatic nitrogens is 1. The number of ether oxygens (including phenoxy) is 1. The molecule has 1 aromatic heterocycles. The van der Waals surface area contributed by atoms with E-state index in [1.165, 1.54) is 11.1 Å². The Balaban J connectivity index is 2.16. The first kappa shape index (κ1) is 14.5. The molecule has 3 nitrogen and oxygen atoms in total. The molecule has 0 aliphatic rings. The molecule has 3 heteroatoms. The minimum absolute atomic E-state index is 0.264. The lowest BCUT2D eigenvalue weighted by atomic mass is 10.0. The summed E-state index contributed by atoms with van der Waals surface area (Å²) in [5.41, 5.74) is 4.67. The van der Waals surface area contributed by atoms with Crippen molar-refractivity contribution in [1.29, 1.82) is 0 Å². The van der Waals surface area contributed by atoms with Crippen LogP contribution in [0.15, 0.2) is 36.7 Å². The highest BCUT2D eigenvalue weighted by atomic mass is 16.5. The van der Waals surface area contributed by atoms with Crippen molar-refractivity contribution in [2.24, 2.45) is 0 Å². The number of benzene rings is 1. The minimum Gasteiger partial charge on any atom is -0.489 e. The SMILES string of the molecule is CNC(C)c1cc(C)ccc1OCc1cncc(C)c1. The van der Waals surface area contributed by atoms with E-state index in [1.54, 1.807) is 0 Å². The molecule has 1 aromatic carbocycles. The van der Waals surface area contributed by atoms with Crippen molar-refractivity contribution in [3.8, 4) is 5.75 Å². The van der Waals surface area contributed by atoms with Gasteiger partial charge in [0.1, 0.15) is 12.4 Å². The Morgan fingerprint density at radius 1 is 1.15 bits per heavy atom. The Morgan fingerprint density at radius 2 is 1.95 bits per heavy atom. The van der Waals surface area contributed by atoms with Crippen molar-refractivity contribution < 1.29 is 4.74 Å². The summed E-state index contributed by atoms with van der Waals surface area (Å²) >= 11 is 0. The van der Waals surface area contributed by atoms with Gasteiger partial charge in [0.25, 0.3) is 0 Å². The average molecular weight is 270 g/mol. The van der Waals surface area contributed by atoms with Gasteiger partial charge >= 0.3 is 0 Å². The van der Waals surface area contributed by atoms with E-state index in [4.69, 9.17) is 4.74 Å². The highest BCUT2D eigenvalue weighted by Gasteiger charge is 2.10. The molecule has 0 aliphatic carbocycles. The van der Waals surface area contributed by atoms with Crippen LogP contribution in [-0.4, -0.2) is 12.0 Å². The quantitative estimate of drug-likeness (QED) is 0.902. The Kier molecular flexibility index (Phi) is 4.74. The minimum atomic E-state index is 0.264. The van der Waals surface area contributed by atoms with E-state index in [2.05, 4.69) is 42.3 Å². The van der Waals surface area contributed by atoms with E-state index in [0.29, 0.717) is 6.61 Å². The predicted molar refractivity (Wildman–Crippen MR) is 82.0 cm³/mol. The molecule has 0 amide bonds. The number of pyridine rings is 1. The molecule has 106 valence electrons. The second-order valence-electron chi connectivity index (χ2n) is 5.21. The van der Waals surface area contributed by atoms with Crippen LogP contribution >= 0.6 is 0 Å². The zero-order valence-corrected chi connectivity index (χ0v) is 12.6. The molecular weight excluding hydrogens is 248 g/mol. The van der Waals surface area contributed by atoms with Gasteiger partial charge in [0.15, 0.2) is 0 Å². The summed E-state index contributed by atoms with van der Waals surface area (Å²) in [5, 5.41) is 3.26. The van der Waals surface area contributed by atoms with Crippen molar-refractivity contribution in [3.63, 3.8) is 0 Å². The molecule has 20 heavy (non-hydrogen) atoms. The molecule has 2 aromatic rings. The molecule has 0 spiro atoms.